The molecule has 17 nitrogen and oxygen atoms in total. The highest BCUT2D eigenvalue weighted by molar-refractivity contribution is 6.49. The number of nitrogens with zero attached hydrogens (tertiary/aromatic N) is 2. The number of hydrogen-bond donors (Lipinski definition) is 2. The molecule has 1 aromatic carbocycles. The number of benzene rings is 1. The molecule has 0 aromatic heterocycles. The average Bonchev–Trinajstić information content (AvgIpc) is 3.85. The molecular weight excluding hydrogens is 865 g/mol. The maximum Gasteiger partial charge on any atom is 0.514 e. The van der Waals surface area contributed by atoms with E-state index in [1.165, 1.54) is 4.90 Å². The van der Waals surface area contributed by atoms with Gasteiger partial charge in [-0.3, -0.25) is 9.69 Å². The highest BCUT2D eigenvalue weighted by Crippen LogP contribution is 2.68. The molecule has 5 unspecified atom stereocenters. The molecule has 7 fully saturated rings. The van der Waals surface area contributed by atoms with E-state index >= 15 is 0 Å². The molecule has 4 aliphatic carbocycles. The van der Waals surface area contributed by atoms with Crippen molar-refractivity contribution in [2.75, 3.05) is 26.2 Å². The predicted molar refractivity (Wildman–Crippen MR) is 246 cm³/mol. The molecule has 2 bridgehead atoms. The van der Waals surface area contributed by atoms with Crippen molar-refractivity contribution in [1.29, 1.82) is 0 Å². The van der Waals surface area contributed by atoms with E-state index in [-0.39, 0.29) is 78.9 Å². The van der Waals surface area contributed by atoms with Crippen LogP contribution in [0, 0.1) is 22.7 Å². The molecule has 18 heteroatoms. The minimum atomic E-state index is -1.19. The Kier molecular flexibility index (Phi) is 13.3. The van der Waals surface area contributed by atoms with E-state index in [4.69, 9.17) is 37.7 Å². The number of nitrogens with one attached hydrogen (secondary N) is 1. The number of carboxylic acid groups (broad SMARTS) is 1. The summed E-state index contributed by atoms with van der Waals surface area (Å²) in [5.41, 5.74) is -2.88. The van der Waals surface area contributed by atoms with Crippen LogP contribution in [0.15, 0.2) is 12.1 Å². The summed E-state index contributed by atoms with van der Waals surface area (Å²) in [5, 5.41) is 13.1. The van der Waals surface area contributed by atoms with Crippen molar-refractivity contribution in [1.82, 2.24) is 15.1 Å². The number of rotatable bonds is 10. The Balaban J connectivity index is 1.08. The number of hydrogen-bond acceptors (Lipinski definition) is 13. The van der Waals surface area contributed by atoms with E-state index in [1.807, 2.05) is 20.8 Å². The quantitative estimate of drug-likeness (QED) is 0.0985. The summed E-state index contributed by atoms with van der Waals surface area (Å²) in [6.45, 7) is 28.3. The first-order chi connectivity index (χ1) is 30.8. The smallest absolute Gasteiger partial charge is 0.486 e. The van der Waals surface area contributed by atoms with Crippen LogP contribution in [0.5, 0.6) is 11.5 Å². The monoisotopic (exact) mass is 940 g/mol. The van der Waals surface area contributed by atoms with Crippen molar-refractivity contribution in [2.45, 2.75) is 194 Å². The minimum absolute atomic E-state index is 0.00302. The first kappa shape index (κ1) is 50.6. The topological polar surface area (TPSA) is 198 Å². The lowest BCUT2D eigenvalue weighted by Gasteiger charge is -2.64. The fraction of sp³-hybridized carbons (Fsp3) is 0.776. The van der Waals surface area contributed by atoms with Gasteiger partial charge in [0.1, 0.15) is 34.2 Å². The summed E-state index contributed by atoms with van der Waals surface area (Å²) in [6.07, 6.45) is -1.55. The lowest BCUT2D eigenvalue weighted by molar-refractivity contribution is -0.199. The maximum atomic E-state index is 14.3. The van der Waals surface area contributed by atoms with Crippen molar-refractivity contribution in [2.24, 2.45) is 22.7 Å². The third-order valence-electron chi connectivity index (χ3n) is 14.3. The zero-order valence-corrected chi connectivity index (χ0v) is 42.2. The zero-order valence-electron chi connectivity index (χ0n) is 42.2. The number of likely N-dealkylation sites (tertiary alicyclic amines) is 1. The highest BCUT2D eigenvalue weighted by Gasteiger charge is 2.70. The molecule has 3 amide bonds. The van der Waals surface area contributed by atoms with Crippen LogP contribution < -0.4 is 14.8 Å². The molecule has 0 spiro atoms. The SMILES string of the molecule is CC(C)(C)OC(=O)NCC1COC(CC(=O)N2CC(Oc3ccc(C4CC4B4O[C@@H]5C[C@@H]6C[C@@H](C6(C)C)[C@]5(C)O4)c(OC(=O)OC(C)(C)C)c3C(=O)OC(C)(C)C)C2)C(C(C)(C)C)N1C(=O)O. The lowest BCUT2D eigenvalue weighted by Crippen LogP contribution is -2.66. The standard InChI is InChI=1S/C49H74BN3O14/c1-44(2,3)39-33(60-25-27(53(39)42(57)58)22-51-41(56)64-46(7,8)9)21-36(54)52-23-28(24-52)61-32-17-16-29(38(62-43(59)65-47(10,11)12)37(32)40(55)63-45(4,5)6)30-20-31(30)50-66-35-19-26-18-34(48(26,13)14)49(35,15)67-50/h16-17,26-28,30-31,33-35,39H,18-25H2,1-15H3,(H,51,56)(H,57,58)/t26-,27?,30?,31?,33?,34-,35+,39?,49-/m0/s1. The van der Waals surface area contributed by atoms with Gasteiger partial charge in [-0.1, -0.05) is 40.7 Å². The first-order valence-electron chi connectivity index (χ1n) is 23.9. The molecule has 372 valence electrons. The van der Waals surface area contributed by atoms with Gasteiger partial charge in [0.2, 0.25) is 5.91 Å². The highest BCUT2D eigenvalue weighted by atomic mass is 16.7. The van der Waals surface area contributed by atoms with Crippen molar-refractivity contribution < 1.29 is 66.8 Å². The number of alkyl carbamates (subject to hydrolysis) is 1. The van der Waals surface area contributed by atoms with Gasteiger partial charge in [-0.2, -0.15) is 0 Å². The fourth-order valence-corrected chi connectivity index (χ4v) is 11.0. The molecule has 67 heavy (non-hydrogen) atoms. The molecule has 7 aliphatic rings. The summed E-state index contributed by atoms with van der Waals surface area (Å²) < 4.78 is 49.1. The summed E-state index contributed by atoms with van der Waals surface area (Å²) in [6, 6.07) is 2.03. The molecular formula is C49H74BN3O14. The van der Waals surface area contributed by atoms with E-state index in [9.17, 15) is 29.1 Å². The van der Waals surface area contributed by atoms with Crippen LogP contribution in [0.25, 0.3) is 0 Å². The summed E-state index contributed by atoms with van der Waals surface area (Å²) in [4.78, 5) is 69.8. The molecule has 3 heterocycles. The van der Waals surface area contributed by atoms with Crippen molar-refractivity contribution in [3.63, 3.8) is 0 Å². The van der Waals surface area contributed by atoms with Gasteiger partial charge >= 0.3 is 31.4 Å². The van der Waals surface area contributed by atoms with Gasteiger partial charge in [-0.25, -0.2) is 19.2 Å². The van der Waals surface area contributed by atoms with Gasteiger partial charge in [0, 0.05) is 12.4 Å². The molecule has 4 saturated carbocycles. The summed E-state index contributed by atoms with van der Waals surface area (Å²) in [7, 11) is -0.462. The van der Waals surface area contributed by atoms with Crippen LogP contribution in [0.4, 0.5) is 14.4 Å². The van der Waals surface area contributed by atoms with E-state index in [0.29, 0.717) is 23.8 Å². The average molecular weight is 940 g/mol. The third-order valence-corrected chi connectivity index (χ3v) is 14.3. The third kappa shape index (κ3) is 10.8. The van der Waals surface area contributed by atoms with E-state index in [2.05, 4.69) is 26.1 Å². The molecule has 3 saturated heterocycles. The van der Waals surface area contributed by atoms with Gasteiger partial charge < -0.3 is 53.1 Å². The van der Waals surface area contributed by atoms with E-state index in [0.717, 1.165) is 12.8 Å². The van der Waals surface area contributed by atoms with Crippen LogP contribution in [0.1, 0.15) is 151 Å². The molecule has 1 aromatic rings. The number of carbonyl (C=O) groups excluding carboxylic acids is 4. The molecule has 3 aliphatic heterocycles. The van der Waals surface area contributed by atoms with E-state index < -0.39 is 83.5 Å². The van der Waals surface area contributed by atoms with Crippen LogP contribution in [-0.4, -0.2) is 131 Å². The number of esters is 1. The van der Waals surface area contributed by atoms with Crippen LogP contribution in [0.3, 0.4) is 0 Å². The number of carbonyl (C=O) groups is 5. The van der Waals surface area contributed by atoms with Gasteiger partial charge in [0.05, 0.1) is 56.0 Å². The molecule has 2 N–H and O–H groups in total. The van der Waals surface area contributed by atoms with E-state index in [1.54, 1.807) is 79.3 Å². The maximum absolute atomic E-state index is 14.3. The Morgan fingerprint density at radius 2 is 1.51 bits per heavy atom. The Hall–Kier alpha value is -4.29. The molecule has 0 radical (unpaired) electrons. The number of morpholine rings is 1. The molecule has 9 atom stereocenters. The van der Waals surface area contributed by atoms with Crippen molar-refractivity contribution >= 4 is 37.3 Å². The number of ether oxygens (including phenoxy) is 6. The van der Waals surface area contributed by atoms with Crippen LogP contribution in [0.2, 0.25) is 5.82 Å². The fourth-order valence-electron chi connectivity index (χ4n) is 11.0. The summed E-state index contributed by atoms with van der Waals surface area (Å²) in [5.74, 6) is -0.165. The summed E-state index contributed by atoms with van der Waals surface area (Å²) >= 11 is 0. The second-order valence-corrected chi connectivity index (χ2v) is 24.4. The van der Waals surface area contributed by atoms with Gasteiger partial charge in [-0.05, 0) is 129 Å². The largest absolute Gasteiger partial charge is 0.514 e. The Morgan fingerprint density at radius 3 is 2.09 bits per heavy atom. The van der Waals surface area contributed by atoms with Crippen molar-refractivity contribution in [3.8, 4) is 11.5 Å². The Bertz CT molecular complexity index is 2100. The minimum Gasteiger partial charge on any atom is -0.486 e. The first-order valence-corrected chi connectivity index (χ1v) is 23.9. The lowest BCUT2D eigenvalue weighted by atomic mass is 9.43. The predicted octanol–water partition coefficient (Wildman–Crippen LogP) is 8.21. The molecule has 8 rings (SSSR count). The second-order valence-electron chi connectivity index (χ2n) is 24.4. The van der Waals surface area contributed by atoms with Gasteiger partial charge in [-0.15, -0.1) is 0 Å². The van der Waals surface area contributed by atoms with Gasteiger partial charge in [0.15, 0.2) is 5.75 Å². The van der Waals surface area contributed by atoms with Crippen LogP contribution >= 0.6 is 0 Å². The Morgan fingerprint density at radius 1 is 0.866 bits per heavy atom. The zero-order chi connectivity index (χ0) is 49.6. The van der Waals surface area contributed by atoms with Crippen LogP contribution in [-0.2, 0) is 33.1 Å². The van der Waals surface area contributed by atoms with Crippen molar-refractivity contribution in [3.05, 3.63) is 23.3 Å². The normalized spacial score (nSPS) is 30.3. The second kappa shape index (κ2) is 17.6. The Labute approximate surface area is 396 Å². The number of amides is 3. The van der Waals surface area contributed by atoms with Gasteiger partial charge in [0.25, 0.3) is 0 Å².